The predicted molar refractivity (Wildman–Crippen MR) is 70.8 cm³/mol. The van der Waals surface area contributed by atoms with Crippen LogP contribution in [-0.2, 0) is 0 Å². The van der Waals surface area contributed by atoms with Gasteiger partial charge in [0.05, 0.1) is 18.5 Å². The fourth-order valence-corrected chi connectivity index (χ4v) is 2.86. The van der Waals surface area contributed by atoms with Crippen LogP contribution in [0.4, 0.5) is 5.69 Å². The number of rotatable bonds is 5. The van der Waals surface area contributed by atoms with E-state index in [0.29, 0.717) is 18.5 Å². The summed E-state index contributed by atoms with van der Waals surface area (Å²) in [5, 5.41) is 12.1. The summed E-state index contributed by atoms with van der Waals surface area (Å²) < 4.78 is 5.21. The summed E-state index contributed by atoms with van der Waals surface area (Å²) in [4.78, 5) is 4.18. The van der Waals surface area contributed by atoms with Crippen LogP contribution in [0.5, 0.6) is 5.88 Å². The van der Waals surface area contributed by atoms with E-state index in [-0.39, 0.29) is 6.61 Å². The molecular formula is C12H18N2O2S. The smallest absolute Gasteiger partial charge is 0.213 e. The van der Waals surface area contributed by atoms with E-state index in [1.54, 1.807) is 6.20 Å². The van der Waals surface area contributed by atoms with Gasteiger partial charge in [-0.05, 0) is 24.7 Å². The van der Waals surface area contributed by atoms with E-state index in [0.717, 1.165) is 5.69 Å². The van der Waals surface area contributed by atoms with Crippen molar-refractivity contribution >= 4 is 17.4 Å². The van der Waals surface area contributed by atoms with E-state index in [4.69, 9.17) is 9.84 Å². The van der Waals surface area contributed by atoms with Gasteiger partial charge in [-0.3, -0.25) is 0 Å². The number of nitrogens with zero attached hydrogens (tertiary/aromatic N) is 1. The Morgan fingerprint density at radius 1 is 1.53 bits per heavy atom. The summed E-state index contributed by atoms with van der Waals surface area (Å²) >= 11 is 2.00. The SMILES string of the molecule is OCCOc1ccc(N[C@@H]2CCCSC2)cn1. The highest BCUT2D eigenvalue weighted by Crippen LogP contribution is 2.21. The molecule has 4 nitrogen and oxygen atoms in total. The van der Waals surface area contributed by atoms with Gasteiger partial charge in [0.15, 0.2) is 0 Å². The average Bonchev–Trinajstić information content (AvgIpc) is 2.39. The Balaban J connectivity index is 1.84. The molecule has 5 heteroatoms. The van der Waals surface area contributed by atoms with Crippen molar-refractivity contribution < 1.29 is 9.84 Å². The molecule has 2 N–H and O–H groups in total. The van der Waals surface area contributed by atoms with Gasteiger partial charge in [0.25, 0.3) is 0 Å². The van der Waals surface area contributed by atoms with Crippen molar-refractivity contribution in [1.29, 1.82) is 0 Å². The number of aliphatic hydroxyl groups excluding tert-OH is 1. The molecule has 0 aromatic carbocycles. The number of nitrogens with one attached hydrogen (secondary N) is 1. The minimum Gasteiger partial charge on any atom is -0.475 e. The number of hydrogen-bond acceptors (Lipinski definition) is 5. The van der Waals surface area contributed by atoms with Crippen molar-refractivity contribution in [2.75, 3.05) is 30.0 Å². The second-order valence-corrected chi connectivity index (χ2v) is 5.17. The van der Waals surface area contributed by atoms with Crippen molar-refractivity contribution in [1.82, 2.24) is 4.98 Å². The number of anilines is 1. The molecular weight excluding hydrogens is 236 g/mol. The van der Waals surface area contributed by atoms with Crippen LogP contribution in [-0.4, -0.2) is 40.9 Å². The summed E-state index contributed by atoms with van der Waals surface area (Å²) in [6, 6.07) is 4.35. The van der Waals surface area contributed by atoms with E-state index in [1.165, 1.54) is 24.3 Å². The van der Waals surface area contributed by atoms with Gasteiger partial charge in [-0.25, -0.2) is 4.98 Å². The monoisotopic (exact) mass is 254 g/mol. The van der Waals surface area contributed by atoms with Gasteiger partial charge < -0.3 is 15.2 Å². The molecule has 1 aromatic rings. The quantitative estimate of drug-likeness (QED) is 0.838. The first kappa shape index (κ1) is 12.5. The van der Waals surface area contributed by atoms with Crippen LogP contribution in [0, 0.1) is 0 Å². The summed E-state index contributed by atoms with van der Waals surface area (Å²) in [5.41, 5.74) is 1.04. The summed E-state index contributed by atoms with van der Waals surface area (Å²) in [7, 11) is 0. The standard InChI is InChI=1S/C12H18N2O2S/c15-5-6-16-12-4-3-10(8-13-12)14-11-2-1-7-17-9-11/h3-4,8,11,14-15H,1-2,5-7,9H2/t11-/m1/s1. The van der Waals surface area contributed by atoms with E-state index in [1.807, 2.05) is 23.9 Å². The van der Waals surface area contributed by atoms with Crippen molar-refractivity contribution in [3.05, 3.63) is 18.3 Å². The molecule has 0 bridgehead atoms. The van der Waals surface area contributed by atoms with Crippen LogP contribution in [0.3, 0.4) is 0 Å². The number of aliphatic hydroxyl groups is 1. The first-order valence-corrected chi connectivity index (χ1v) is 7.08. The minimum atomic E-state index is 0.0149. The number of pyridine rings is 1. The third-order valence-electron chi connectivity index (χ3n) is 2.61. The summed E-state index contributed by atoms with van der Waals surface area (Å²) in [5.74, 6) is 3.01. The van der Waals surface area contributed by atoms with Crippen LogP contribution in [0.1, 0.15) is 12.8 Å². The Kier molecular flexibility index (Phi) is 4.94. The maximum absolute atomic E-state index is 8.63. The first-order valence-electron chi connectivity index (χ1n) is 5.92. The van der Waals surface area contributed by atoms with E-state index >= 15 is 0 Å². The molecule has 2 heterocycles. The normalized spacial score (nSPS) is 19.9. The highest BCUT2D eigenvalue weighted by Gasteiger charge is 2.13. The fourth-order valence-electron chi connectivity index (χ4n) is 1.79. The van der Waals surface area contributed by atoms with Gasteiger partial charge in [0, 0.05) is 17.9 Å². The summed E-state index contributed by atoms with van der Waals surface area (Å²) in [6.45, 7) is 0.306. The first-order chi connectivity index (χ1) is 8.38. The molecule has 94 valence electrons. The number of thioether (sulfide) groups is 1. The Bertz CT molecular complexity index is 326. The van der Waals surface area contributed by atoms with Gasteiger partial charge in [-0.1, -0.05) is 0 Å². The highest BCUT2D eigenvalue weighted by atomic mass is 32.2. The zero-order chi connectivity index (χ0) is 11.9. The Hall–Kier alpha value is -0.940. The van der Waals surface area contributed by atoms with Crippen LogP contribution in [0.15, 0.2) is 18.3 Å². The zero-order valence-electron chi connectivity index (χ0n) is 9.76. The fraction of sp³-hybridized carbons (Fsp3) is 0.583. The lowest BCUT2D eigenvalue weighted by molar-refractivity contribution is 0.196. The number of hydrogen-bond donors (Lipinski definition) is 2. The van der Waals surface area contributed by atoms with Crippen LogP contribution < -0.4 is 10.1 Å². The van der Waals surface area contributed by atoms with Crippen LogP contribution >= 0.6 is 11.8 Å². The maximum atomic E-state index is 8.63. The van der Waals surface area contributed by atoms with Gasteiger partial charge >= 0.3 is 0 Å². The molecule has 0 unspecified atom stereocenters. The van der Waals surface area contributed by atoms with Crippen molar-refractivity contribution in [3.63, 3.8) is 0 Å². The van der Waals surface area contributed by atoms with E-state index in [9.17, 15) is 0 Å². The lowest BCUT2D eigenvalue weighted by Gasteiger charge is -2.23. The molecule has 0 radical (unpaired) electrons. The zero-order valence-corrected chi connectivity index (χ0v) is 10.6. The maximum Gasteiger partial charge on any atom is 0.213 e. The van der Waals surface area contributed by atoms with Crippen molar-refractivity contribution in [2.45, 2.75) is 18.9 Å². The summed E-state index contributed by atoms with van der Waals surface area (Å²) in [6.07, 6.45) is 4.30. The molecule has 0 amide bonds. The van der Waals surface area contributed by atoms with E-state index < -0.39 is 0 Å². The lowest BCUT2D eigenvalue weighted by atomic mass is 10.2. The van der Waals surface area contributed by atoms with Crippen LogP contribution in [0.25, 0.3) is 0 Å². The molecule has 1 aliphatic heterocycles. The number of ether oxygens (including phenoxy) is 1. The topological polar surface area (TPSA) is 54.4 Å². The Labute approximate surface area is 106 Å². The average molecular weight is 254 g/mol. The van der Waals surface area contributed by atoms with Gasteiger partial charge in [0.1, 0.15) is 6.61 Å². The number of aromatic nitrogens is 1. The second-order valence-electron chi connectivity index (χ2n) is 4.02. The molecule has 0 saturated carbocycles. The van der Waals surface area contributed by atoms with Crippen LogP contribution in [0.2, 0.25) is 0 Å². The van der Waals surface area contributed by atoms with E-state index in [2.05, 4.69) is 10.3 Å². The van der Waals surface area contributed by atoms with Crippen molar-refractivity contribution in [3.8, 4) is 5.88 Å². The highest BCUT2D eigenvalue weighted by molar-refractivity contribution is 7.99. The van der Waals surface area contributed by atoms with Crippen molar-refractivity contribution in [2.24, 2.45) is 0 Å². The molecule has 2 rings (SSSR count). The Morgan fingerprint density at radius 2 is 2.47 bits per heavy atom. The molecule has 0 aliphatic carbocycles. The molecule has 1 aliphatic rings. The van der Waals surface area contributed by atoms with Gasteiger partial charge in [-0.2, -0.15) is 11.8 Å². The largest absolute Gasteiger partial charge is 0.475 e. The molecule has 0 spiro atoms. The Morgan fingerprint density at radius 3 is 3.12 bits per heavy atom. The lowest BCUT2D eigenvalue weighted by Crippen LogP contribution is -2.25. The molecule has 1 atom stereocenters. The second kappa shape index (κ2) is 6.71. The molecule has 1 fully saturated rings. The minimum absolute atomic E-state index is 0.0149. The van der Waals surface area contributed by atoms with Gasteiger partial charge in [-0.15, -0.1) is 0 Å². The third-order valence-corrected chi connectivity index (χ3v) is 3.82. The van der Waals surface area contributed by atoms with Gasteiger partial charge in [0.2, 0.25) is 5.88 Å². The molecule has 17 heavy (non-hydrogen) atoms. The molecule has 1 saturated heterocycles. The molecule has 1 aromatic heterocycles. The predicted octanol–water partition coefficient (Wildman–Crippen LogP) is 1.76. The third kappa shape index (κ3) is 4.09.